The van der Waals surface area contributed by atoms with Crippen molar-refractivity contribution in [1.29, 1.82) is 0 Å². The number of anilines is 2. The molecule has 0 spiro atoms. The fraction of sp³-hybridized carbons (Fsp3) is 0.421. The Morgan fingerprint density at radius 1 is 1.19 bits per heavy atom. The van der Waals surface area contributed by atoms with Gasteiger partial charge in [0.2, 0.25) is 11.8 Å². The highest BCUT2D eigenvalue weighted by Crippen LogP contribution is 2.23. The summed E-state index contributed by atoms with van der Waals surface area (Å²) in [7, 11) is 0. The zero-order chi connectivity index (χ0) is 19.2. The molecule has 0 radical (unpaired) electrons. The predicted octanol–water partition coefficient (Wildman–Crippen LogP) is 3.59. The van der Waals surface area contributed by atoms with Gasteiger partial charge < -0.3 is 14.6 Å². The van der Waals surface area contributed by atoms with E-state index < -0.39 is 0 Å². The number of carbonyl (C=O) groups excluding carboxylic acids is 2. The molecule has 1 aromatic carbocycles. The quantitative estimate of drug-likeness (QED) is 0.734. The highest BCUT2D eigenvalue weighted by atomic mass is 16.5. The van der Waals surface area contributed by atoms with Gasteiger partial charge in [-0.3, -0.25) is 10.1 Å². The Hall–Kier alpha value is -2.83. The molecule has 0 fully saturated rings. The largest absolute Gasteiger partial charge is 0.462 e. The van der Waals surface area contributed by atoms with E-state index in [9.17, 15) is 9.59 Å². The lowest BCUT2D eigenvalue weighted by Gasteiger charge is -2.12. The van der Waals surface area contributed by atoms with Gasteiger partial charge in [0, 0.05) is 17.2 Å². The summed E-state index contributed by atoms with van der Waals surface area (Å²) in [6, 6.07) is 8.48. The molecule has 2 rings (SSSR count). The molecule has 0 atom stereocenters. The molecular weight excluding hydrogens is 334 g/mol. The van der Waals surface area contributed by atoms with E-state index >= 15 is 0 Å². The van der Waals surface area contributed by atoms with Crippen molar-refractivity contribution in [1.82, 2.24) is 5.16 Å². The van der Waals surface area contributed by atoms with Gasteiger partial charge in [-0.15, -0.1) is 0 Å². The molecule has 0 aliphatic carbocycles. The zero-order valence-corrected chi connectivity index (χ0v) is 15.6. The number of hydrogen-bond donors (Lipinski definition) is 2. The van der Waals surface area contributed by atoms with E-state index in [-0.39, 0.29) is 23.8 Å². The molecular formula is C19H25N3O4. The van der Waals surface area contributed by atoms with Crippen LogP contribution in [-0.2, 0) is 14.9 Å². The molecule has 140 valence electrons. The van der Waals surface area contributed by atoms with E-state index in [1.807, 2.05) is 27.7 Å². The van der Waals surface area contributed by atoms with Crippen LogP contribution in [0.4, 0.5) is 11.6 Å². The fourth-order valence-electron chi connectivity index (χ4n) is 2.05. The molecule has 0 saturated heterocycles. The van der Waals surface area contributed by atoms with Crippen molar-refractivity contribution >= 4 is 23.4 Å². The number of benzene rings is 1. The van der Waals surface area contributed by atoms with Crippen LogP contribution in [0.15, 0.2) is 34.9 Å². The molecule has 7 heteroatoms. The number of esters is 1. The van der Waals surface area contributed by atoms with Crippen molar-refractivity contribution in [3.05, 3.63) is 41.6 Å². The fourth-order valence-corrected chi connectivity index (χ4v) is 2.05. The number of ether oxygens (including phenoxy) is 1. The smallest absolute Gasteiger partial charge is 0.338 e. The van der Waals surface area contributed by atoms with Crippen LogP contribution in [0.25, 0.3) is 0 Å². The van der Waals surface area contributed by atoms with E-state index in [4.69, 9.17) is 9.26 Å². The van der Waals surface area contributed by atoms with Crippen LogP contribution < -0.4 is 10.6 Å². The van der Waals surface area contributed by atoms with Crippen molar-refractivity contribution in [3.63, 3.8) is 0 Å². The van der Waals surface area contributed by atoms with Gasteiger partial charge in [0.05, 0.1) is 24.4 Å². The first kappa shape index (κ1) is 19.5. The maximum atomic E-state index is 12.0. The second-order valence-corrected chi connectivity index (χ2v) is 6.94. The first-order valence-corrected chi connectivity index (χ1v) is 8.57. The summed E-state index contributed by atoms with van der Waals surface area (Å²) < 4.78 is 10.2. The van der Waals surface area contributed by atoms with Gasteiger partial charge in [0.15, 0.2) is 0 Å². The third-order valence-corrected chi connectivity index (χ3v) is 3.55. The van der Waals surface area contributed by atoms with E-state index in [0.717, 1.165) is 17.8 Å². The van der Waals surface area contributed by atoms with Crippen LogP contribution in [0.3, 0.4) is 0 Å². The average Bonchev–Trinajstić information content (AvgIpc) is 3.07. The standard InChI is InChI=1S/C19H25N3O4/c1-5-10-25-18(24)13-6-8-14(9-7-13)20-12-16(23)21-17-11-15(22-26-17)19(2,3)4/h6-9,11,20H,5,10,12H2,1-4H3,(H,21,23). The first-order valence-electron chi connectivity index (χ1n) is 8.57. The third kappa shape index (κ3) is 5.61. The van der Waals surface area contributed by atoms with Crippen molar-refractivity contribution in [2.75, 3.05) is 23.8 Å². The Balaban J connectivity index is 1.83. The normalized spacial score (nSPS) is 11.1. The van der Waals surface area contributed by atoms with Crippen molar-refractivity contribution in [3.8, 4) is 0 Å². The SMILES string of the molecule is CCCOC(=O)c1ccc(NCC(=O)Nc2cc(C(C)(C)C)no2)cc1. The van der Waals surface area contributed by atoms with Gasteiger partial charge in [0.25, 0.3) is 0 Å². The molecule has 7 nitrogen and oxygen atoms in total. The summed E-state index contributed by atoms with van der Waals surface area (Å²) in [4.78, 5) is 23.7. The minimum absolute atomic E-state index is 0.0607. The van der Waals surface area contributed by atoms with Crippen LogP contribution in [0.2, 0.25) is 0 Å². The van der Waals surface area contributed by atoms with Gasteiger partial charge in [-0.1, -0.05) is 32.9 Å². The van der Waals surface area contributed by atoms with E-state index in [1.54, 1.807) is 30.3 Å². The minimum Gasteiger partial charge on any atom is -0.462 e. The molecule has 1 amide bonds. The summed E-state index contributed by atoms with van der Waals surface area (Å²) in [5.74, 6) is -0.292. The lowest BCUT2D eigenvalue weighted by atomic mass is 9.92. The first-order chi connectivity index (χ1) is 12.3. The second kappa shape index (κ2) is 8.51. The molecule has 2 N–H and O–H groups in total. The van der Waals surface area contributed by atoms with Crippen LogP contribution in [0, 0.1) is 0 Å². The van der Waals surface area contributed by atoms with Crippen molar-refractivity contribution in [2.24, 2.45) is 0 Å². The highest BCUT2D eigenvalue weighted by Gasteiger charge is 2.19. The molecule has 0 saturated carbocycles. The molecule has 1 heterocycles. The van der Waals surface area contributed by atoms with Crippen LogP contribution in [-0.4, -0.2) is 30.2 Å². The second-order valence-electron chi connectivity index (χ2n) is 6.94. The number of rotatable bonds is 7. The lowest BCUT2D eigenvalue weighted by Crippen LogP contribution is -2.21. The molecule has 1 aromatic heterocycles. The highest BCUT2D eigenvalue weighted by molar-refractivity contribution is 5.93. The lowest BCUT2D eigenvalue weighted by molar-refractivity contribution is -0.114. The molecule has 0 bridgehead atoms. The number of carbonyl (C=O) groups is 2. The summed E-state index contributed by atoms with van der Waals surface area (Å²) in [6.45, 7) is 8.44. The summed E-state index contributed by atoms with van der Waals surface area (Å²) in [5.41, 5.74) is 1.82. The van der Waals surface area contributed by atoms with Crippen molar-refractivity contribution in [2.45, 2.75) is 39.5 Å². The van der Waals surface area contributed by atoms with Crippen molar-refractivity contribution < 1.29 is 18.8 Å². The Labute approximate surface area is 153 Å². The maximum Gasteiger partial charge on any atom is 0.338 e. The number of aromatic nitrogens is 1. The van der Waals surface area contributed by atoms with Gasteiger partial charge in [-0.2, -0.15) is 0 Å². The van der Waals surface area contributed by atoms with Crippen LogP contribution in [0.5, 0.6) is 0 Å². The summed E-state index contributed by atoms with van der Waals surface area (Å²) in [6.07, 6.45) is 0.781. The van der Waals surface area contributed by atoms with Crippen LogP contribution in [0.1, 0.15) is 50.2 Å². The zero-order valence-electron chi connectivity index (χ0n) is 15.6. The topological polar surface area (TPSA) is 93.5 Å². The summed E-state index contributed by atoms with van der Waals surface area (Å²) >= 11 is 0. The molecule has 0 unspecified atom stereocenters. The average molecular weight is 359 g/mol. The Bertz CT molecular complexity index is 745. The number of nitrogens with zero attached hydrogens (tertiary/aromatic N) is 1. The third-order valence-electron chi connectivity index (χ3n) is 3.55. The predicted molar refractivity (Wildman–Crippen MR) is 99.3 cm³/mol. The van der Waals surface area contributed by atoms with Gasteiger partial charge in [-0.25, -0.2) is 4.79 Å². The monoisotopic (exact) mass is 359 g/mol. The molecule has 0 aliphatic rings. The summed E-state index contributed by atoms with van der Waals surface area (Å²) in [5, 5.41) is 9.59. The molecule has 2 aromatic rings. The van der Waals surface area contributed by atoms with Gasteiger partial charge in [0.1, 0.15) is 0 Å². The van der Waals surface area contributed by atoms with Gasteiger partial charge >= 0.3 is 5.97 Å². The Kier molecular flexibility index (Phi) is 6.38. The van der Waals surface area contributed by atoms with Crippen LogP contribution >= 0.6 is 0 Å². The minimum atomic E-state index is -0.351. The van der Waals surface area contributed by atoms with E-state index in [2.05, 4.69) is 15.8 Å². The molecule has 26 heavy (non-hydrogen) atoms. The number of nitrogens with one attached hydrogen (secondary N) is 2. The van der Waals surface area contributed by atoms with E-state index in [0.29, 0.717) is 18.1 Å². The van der Waals surface area contributed by atoms with Gasteiger partial charge in [-0.05, 0) is 30.7 Å². The number of amides is 1. The number of hydrogen-bond acceptors (Lipinski definition) is 6. The Morgan fingerprint density at radius 3 is 2.46 bits per heavy atom. The Morgan fingerprint density at radius 2 is 1.88 bits per heavy atom. The maximum absolute atomic E-state index is 12.0. The van der Waals surface area contributed by atoms with E-state index in [1.165, 1.54) is 0 Å². The molecule has 0 aliphatic heterocycles.